The Balaban J connectivity index is 1.90. The quantitative estimate of drug-likeness (QED) is 0.221. The number of hydrogen-bond acceptors (Lipinski definition) is 7. The van der Waals surface area contributed by atoms with Gasteiger partial charge in [0.15, 0.2) is 0 Å². The number of carboxylic acids is 4. The first-order chi connectivity index (χ1) is 17.5. The molecule has 0 unspecified atom stereocenters. The summed E-state index contributed by atoms with van der Waals surface area (Å²) in [6.07, 6.45) is 0. The predicted octanol–water partition coefficient (Wildman–Crippen LogP) is 3.78. The minimum Gasteiger partial charge on any atom is -0.478 e. The van der Waals surface area contributed by atoms with Crippen LogP contribution in [0.4, 0.5) is 0 Å². The van der Waals surface area contributed by atoms with Gasteiger partial charge >= 0.3 is 35.8 Å². The lowest BCUT2D eigenvalue weighted by Gasteiger charge is -2.13. The number of rotatable bonds is 6. The summed E-state index contributed by atoms with van der Waals surface area (Å²) < 4.78 is 4.92. The highest BCUT2D eigenvalue weighted by Crippen LogP contribution is 2.30. The first-order valence-corrected chi connectivity index (χ1v) is 10.3. The fourth-order valence-corrected chi connectivity index (χ4v) is 4.07. The monoisotopic (exact) mass is 502 g/mol. The van der Waals surface area contributed by atoms with E-state index in [1.165, 1.54) is 48.5 Å². The number of fused-ring (bicyclic) bond motifs is 2. The highest BCUT2D eigenvalue weighted by Gasteiger charge is 2.29. The number of esters is 2. The van der Waals surface area contributed by atoms with E-state index in [4.69, 9.17) is 4.74 Å². The first kappa shape index (κ1) is 24.5. The molecule has 0 bridgehead atoms. The van der Waals surface area contributed by atoms with E-state index in [1.807, 2.05) is 0 Å². The number of benzene rings is 4. The van der Waals surface area contributed by atoms with Crippen molar-refractivity contribution < 1.29 is 53.9 Å². The number of carboxylic acid groups (broad SMARTS) is 4. The van der Waals surface area contributed by atoms with Crippen LogP contribution in [0.5, 0.6) is 0 Å². The van der Waals surface area contributed by atoms with E-state index in [-0.39, 0.29) is 32.7 Å². The van der Waals surface area contributed by atoms with Crippen molar-refractivity contribution in [1.29, 1.82) is 0 Å². The Morgan fingerprint density at radius 2 is 0.784 bits per heavy atom. The Kier molecular flexibility index (Phi) is 6.12. The number of carbonyl (C=O) groups excluding carboxylic acids is 2. The van der Waals surface area contributed by atoms with Crippen LogP contribution in [0.15, 0.2) is 60.7 Å². The minimum absolute atomic E-state index is 0.00175. The average Bonchev–Trinajstić information content (AvgIpc) is 2.85. The molecule has 0 atom stereocenters. The molecule has 4 rings (SSSR count). The van der Waals surface area contributed by atoms with Crippen LogP contribution in [-0.2, 0) is 4.74 Å². The molecule has 0 saturated heterocycles. The summed E-state index contributed by atoms with van der Waals surface area (Å²) in [5, 5.41) is 37.9. The Morgan fingerprint density at radius 1 is 0.432 bits per heavy atom. The second-order valence-corrected chi connectivity index (χ2v) is 7.68. The van der Waals surface area contributed by atoms with Gasteiger partial charge in [-0.25, -0.2) is 28.8 Å². The summed E-state index contributed by atoms with van der Waals surface area (Å²) in [4.78, 5) is 73.1. The summed E-state index contributed by atoms with van der Waals surface area (Å²) in [6.45, 7) is 0. The van der Waals surface area contributed by atoms with Gasteiger partial charge in [0.2, 0.25) is 0 Å². The van der Waals surface area contributed by atoms with Gasteiger partial charge in [-0.2, -0.15) is 0 Å². The van der Waals surface area contributed by atoms with Crippen LogP contribution < -0.4 is 0 Å². The SMILES string of the molecule is O=C(O)c1ccc2c(C(=O)O)cccc2c1C(=O)OC(=O)c1c(C(=O)O)ccc2c(C(=O)O)cccc12. The summed E-state index contributed by atoms with van der Waals surface area (Å²) in [5.74, 6) is -8.77. The highest BCUT2D eigenvalue weighted by atomic mass is 16.6. The fourth-order valence-electron chi connectivity index (χ4n) is 4.07. The molecule has 0 spiro atoms. The first-order valence-electron chi connectivity index (χ1n) is 10.3. The minimum atomic E-state index is -1.57. The summed E-state index contributed by atoms with van der Waals surface area (Å²) in [7, 11) is 0. The Bertz CT molecular complexity index is 1570. The van der Waals surface area contributed by atoms with E-state index in [9.17, 15) is 49.2 Å². The van der Waals surface area contributed by atoms with Crippen molar-refractivity contribution in [2.24, 2.45) is 0 Å². The molecule has 0 fully saturated rings. The fraction of sp³-hybridized carbons (Fsp3) is 0. The molecule has 0 saturated carbocycles. The third-order valence-corrected chi connectivity index (χ3v) is 5.64. The van der Waals surface area contributed by atoms with Crippen molar-refractivity contribution in [3.63, 3.8) is 0 Å². The van der Waals surface area contributed by atoms with Crippen LogP contribution >= 0.6 is 0 Å². The lowest BCUT2D eigenvalue weighted by atomic mass is 9.95. The summed E-state index contributed by atoms with van der Waals surface area (Å²) in [5.41, 5.74) is -2.89. The van der Waals surface area contributed by atoms with E-state index in [0.29, 0.717) is 0 Å². The molecule has 0 aliphatic heterocycles. The summed E-state index contributed by atoms with van der Waals surface area (Å²) >= 11 is 0. The van der Waals surface area contributed by atoms with Crippen LogP contribution in [0, 0.1) is 0 Å². The maximum absolute atomic E-state index is 13.1. The lowest BCUT2D eigenvalue weighted by molar-refractivity contribution is 0.0388. The topological polar surface area (TPSA) is 193 Å². The maximum Gasteiger partial charge on any atom is 0.347 e. The number of hydrogen-bond donors (Lipinski definition) is 4. The Labute approximate surface area is 205 Å². The molecule has 4 N–H and O–H groups in total. The third-order valence-electron chi connectivity index (χ3n) is 5.64. The second kappa shape index (κ2) is 9.23. The Morgan fingerprint density at radius 3 is 1.11 bits per heavy atom. The molecule has 184 valence electrons. The van der Waals surface area contributed by atoms with Gasteiger partial charge in [0.1, 0.15) is 0 Å². The van der Waals surface area contributed by atoms with Crippen LogP contribution in [0.2, 0.25) is 0 Å². The molecule has 4 aromatic rings. The summed E-state index contributed by atoms with van der Waals surface area (Å²) in [6, 6.07) is 11.9. The molecular weight excluding hydrogens is 488 g/mol. The highest BCUT2D eigenvalue weighted by molar-refractivity contribution is 6.21. The van der Waals surface area contributed by atoms with Gasteiger partial charge in [-0.3, -0.25) is 0 Å². The maximum atomic E-state index is 13.1. The Hall–Kier alpha value is -5.58. The molecule has 0 heterocycles. The molecule has 0 aliphatic rings. The molecule has 0 amide bonds. The standard InChI is InChI=1S/C26H14O11/c27-21(28)15-5-1-3-13-11(15)7-9-17(23(31)32)19(13)25(35)37-26(36)20-14-4-2-6-16(22(29)30)12(14)8-10-18(20)24(33)34/h1-10H,(H,27,28)(H,29,30)(H,31,32)(H,33,34). The van der Waals surface area contributed by atoms with Crippen LogP contribution in [-0.4, -0.2) is 56.2 Å². The van der Waals surface area contributed by atoms with E-state index < -0.39 is 58.1 Å². The van der Waals surface area contributed by atoms with Gasteiger partial charge in [0.25, 0.3) is 0 Å². The van der Waals surface area contributed by atoms with E-state index in [1.54, 1.807) is 0 Å². The van der Waals surface area contributed by atoms with Gasteiger partial charge in [0, 0.05) is 0 Å². The van der Waals surface area contributed by atoms with E-state index >= 15 is 0 Å². The van der Waals surface area contributed by atoms with Crippen molar-refractivity contribution in [2.45, 2.75) is 0 Å². The van der Waals surface area contributed by atoms with Crippen molar-refractivity contribution in [3.05, 3.63) is 94.0 Å². The number of ether oxygens (including phenoxy) is 1. The van der Waals surface area contributed by atoms with Crippen LogP contribution in [0.3, 0.4) is 0 Å². The van der Waals surface area contributed by atoms with Crippen molar-refractivity contribution in [1.82, 2.24) is 0 Å². The average molecular weight is 502 g/mol. The van der Waals surface area contributed by atoms with Crippen LogP contribution in [0.1, 0.15) is 62.1 Å². The van der Waals surface area contributed by atoms with Gasteiger partial charge in [-0.05, 0) is 45.8 Å². The number of aromatic carboxylic acids is 4. The predicted molar refractivity (Wildman–Crippen MR) is 125 cm³/mol. The molecule has 0 radical (unpaired) electrons. The van der Waals surface area contributed by atoms with Crippen molar-refractivity contribution >= 4 is 57.4 Å². The van der Waals surface area contributed by atoms with E-state index in [0.717, 1.165) is 12.1 Å². The molecule has 11 nitrogen and oxygen atoms in total. The van der Waals surface area contributed by atoms with Crippen LogP contribution in [0.25, 0.3) is 21.5 Å². The van der Waals surface area contributed by atoms with Gasteiger partial charge < -0.3 is 25.2 Å². The third kappa shape index (κ3) is 4.21. The van der Waals surface area contributed by atoms with Crippen molar-refractivity contribution in [2.75, 3.05) is 0 Å². The van der Waals surface area contributed by atoms with Crippen molar-refractivity contribution in [3.8, 4) is 0 Å². The molecule has 0 aliphatic carbocycles. The smallest absolute Gasteiger partial charge is 0.347 e. The van der Waals surface area contributed by atoms with Gasteiger partial charge in [-0.15, -0.1) is 0 Å². The molecule has 11 heteroatoms. The normalized spacial score (nSPS) is 10.7. The zero-order valence-corrected chi connectivity index (χ0v) is 18.4. The van der Waals surface area contributed by atoms with Gasteiger partial charge in [-0.1, -0.05) is 36.4 Å². The molecule has 37 heavy (non-hydrogen) atoms. The largest absolute Gasteiger partial charge is 0.478 e. The zero-order chi connectivity index (χ0) is 27.0. The lowest BCUT2D eigenvalue weighted by Crippen LogP contribution is -2.19. The van der Waals surface area contributed by atoms with Gasteiger partial charge in [0.05, 0.1) is 33.4 Å². The molecule has 0 aromatic heterocycles. The zero-order valence-electron chi connectivity index (χ0n) is 18.4. The molecule has 4 aromatic carbocycles. The second-order valence-electron chi connectivity index (χ2n) is 7.68. The van der Waals surface area contributed by atoms with E-state index in [2.05, 4.69) is 0 Å². The number of carbonyl (C=O) groups is 6. The molecular formula is C26H14O11.